The summed E-state index contributed by atoms with van der Waals surface area (Å²) in [5, 5.41) is 4.28. The maximum atomic E-state index is 6.09. The number of rotatable bonds is 8. The Labute approximate surface area is 126 Å². The van der Waals surface area contributed by atoms with E-state index in [0.717, 1.165) is 31.6 Å². The zero-order valence-electron chi connectivity index (χ0n) is 13.0. The summed E-state index contributed by atoms with van der Waals surface area (Å²) in [4.78, 5) is 4.38. The lowest BCUT2D eigenvalue weighted by Crippen LogP contribution is -2.58. The van der Waals surface area contributed by atoms with Gasteiger partial charge in [0.05, 0.1) is 11.6 Å². The fraction of sp³-hybridized carbons (Fsp3) is 0.857. The van der Waals surface area contributed by atoms with Gasteiger partial charge in [-0.2, -0.15) is 5.10 Å². The third-order valence-electron chi connectivity index (χ3n) is 4.13. The number of ether oxygens (including phenoxy) is 2. The van der Waals surface area contributed by atoms with E-state index in [1.807, 2.05) is 11.6 Å². The minimum Gasteiger partial charge on any atom is -0.381 e. The molecule has 1 unspecified atom stereocenters. The second kappa shape index (κ2) is 7.84. The molecule has 0 radical (unpaired) electrons. The molecule has 1 fully saturated rings. The molecule has 0 aromatic carbocycles. The fourth-order valence-corrected chi connectivity index (χ4v) is 3.02. The van der Waals surface area contributed by atoms with Gasteiger partial charge in [-0.15, -0.1) is 0 Å². The van der Waals surface area contributed by atoms with Crippen LogP contribution in [-0.4, -0.2) is 46.2 Å². The van der Waals surface area contributed by atoms with Crippen LogP contribution in [0, 0.1) is 0 Å². The molecule has 1 aromatic rings. The third kappa shape index (κ3) is 3.79. The van der Waals surface area contributed by atoms with E-state index in [1.54, 1.807) is 6.33 Å². The SMILES string of the molecule is CCCn1ncnc1CC(NN)C1(OCC)CCOCC1. The summed E-state index contributed by atoms with van der Waals surface area (Å²) >= 11 is 0. The highest BCUT2D eigenvalue weighted by Crippen LogP contribution is 2.30. The van der Waals surface area contributed by atoms with Crippen molar-refractivity contribution < 1.29 is 9.47 Å². The summed E-state index contributed by atoms with van der Waals surface area (Å²) in [5.41, 5.74) is 2.66. The van der Waals surface area contributed by atoms with Gasteiger partial charge in [-0.25, -0.2) is 4.98 Å². The Morgan fingerprint density at radius 1 is 1.48 bits per heavy atom. The van der Waals surface area contributed by atoms with Crippen molar-refractivity contribution in [2.24, 2.45) is 5.84 Å². The van der Waals surface area contributed by atoms with Crippen LogP contribution in [0.5, 0.6) is 0 Å². The molecule has 2 heterocycles. The molecule has 1 aromatic heterocycles. The first-order chi connectivity index (χ1) is 10.3. The lowest BCUT2D eigenvalue weighted by Gasteiger charge is -2.42. The molecular formula is C14H27N5O2. The van der Waals surface area contributed by atoms with Crippen molar-refractivity contribution in [3.63, 3.8) is 0 Å². The monoisotopic (exact) mass is 297 g/mol. The summed E-state index contributed by atoms with van der Waals surface area (Å²) in [6, 6.07) is 0.00107. The molecule has 1 aliphatic heterocycles. The Morgan fingerprint density at radius 2 is 2.24 bits per heavy atom. The molecule has 0 bridgehead atoms. The third-order valence-corrected chi connectivity index (χ3v) is 4.13. The molecule has 7 nitrogen and oxygen atoms in total. The van der Waals surface area contributed by atoms with E-state index in [4.69, 9.17) is 15.3 Å². The summed E-state index contributed by atoms with van der Waals surface area (Å²) in [7, 11) is 0. The van der Waals surface area contributed by atoms with E-state index in [9.17, 15) is 0 Å². The van der Waals surface area contributed by atoms with Gasteiger partial charge in [0.25, 0.3) is 0 Å². The van der Waals surface area contributed by atoms with E-state index >= 15 is 0 Å². The van der Waals surface area contributed by atoms with Gasteiger partial charge in [-0.3, -0.25) is 16.0 Å². The maximum Gasteiger partial charge on any atom is 0.138 e. The Hall–Kier alpha value is -1.02. The average molecular weight is 297 g/mol. The zero-order valence-corrected chi connectivity index (χ0v) is 13.0. The predicted octanol–water partition coefficient (Wildman–Crippen LogP) is 0.648. The summed E-state index contributed by atoms with van der Waals surface area (Å²) in [5.74, 6) is 6.78. The summed E-state index contributed by atoms with van der Waals surface area (Å²) in [6.07, 6.45) is 5.03. The van der Waals surface area contributed by atoms with Crippen molar-refractivity contribution >= 4 is 0 Å². The van der Waals surface area contributed by atoms with Crippen LogP contribution in [-0.2, 0) is 22.4 Å². The van der Waals surface area contributed by atoms with E-state index in [0.29, 0.717) is 26.2 Å². The largest absolute Gasteiger partial charge is 0.381 e. The van der Waals surface area contributed by atoms with Gasteiger partial charge in [0.1, 0.15) is 12.2 Å². The zero-order chi connectivity index (χ0) is 15.1. The normalized spacial score (nSPS) is 19.6. The molecule has 1 aliphatic rings. The summed E-state index contributed by atoms with van der Waals surface area (Å²) < 4.78 is 13.5. The molecule has 3 N–H and O–H groups in total. The topological polar surface area (TPSA) is 87.2 Å². The first-order valence-electron chi connectivity index (χ1n) is 7.80. The van der Waals surface area contributed by atoms with E-state index in [2.05, 4.69) is 22.4 Å². The maximum absolute atomic E-state index is 6.09. The molecule has 0 saturated carbocycles. The van der Waals surface area contributed by atoms with E-state index in [1.165, 1.54) is 0 Å². The van der Waals surface area contributed by atoms with Crippen molar-refractivity contribution in [1.29, 1.82) is 0 Å². The quantitative estimate of drug-likeness (QED) is 0.541. The molecule has 0 spiro atoms. The minimum absolute atomic E-state index is 0.00107. The van der Waals surface area contributed by atoms with E-state index in [-0.39, 0.29) is 11.6 Å². The Morgan fingerprint density at radius 3 is 2.86 bits per heavy atom. The van der Waals surface area contributed by atoms with Crippen LogP contribution in [0.1, 0.15) is 38.9 Å². The van der Waals surface area contributed by atoms with Crippen LogP contribution in [0.3, 0.4) is 0 Å². The van der Waals surface area contributed by atoms with Crippen LogP contribution in [0.15, 0.2) is 6.33 Å². The van der Waals surface area contributed by atoms with Crippen LogP contribution < -0.4 is 11.3 Å². The van der Waals surface area contributed by atoms with Crippen molar-refractivity contribution in [3.05, 3.63) is 12.2 Å². The average Bonchev–Trinajstić information content (AvgIpc) is 2.93. The van der Waals surface area contributed by atoms with Gasteiger partial charge in [0.15, 0.2) is 0 Å². The summed E-state index contributed by atoms with van der Waals surface area (Å²) in [6.45, 7) is 7.10. The number of aryl methyl sites for hydroxylation is 1. The lowest BCUT2D eigenvalue weighted by atomic mass is 9.84. The predicted molar refractivity (Wildman–Crippen MR) is 79.5 cm³/mol. The molecule has 1 atom stereocenters. The van der Waals surface area contributed by atoms with Gasteiger partial charge >= 0.3 is 0 Å². The highest BCUT2D eigenvalue weighted by molar-refractivity contribution is 5.00. The molecule has 120 valence electrons. The van der Waals surface area contributed by atoms with Crippen molar-refractivity contribution in [2.75, 3.05) is 19.8 Å². The number of aromatic nitrogens is 3. The molecule has 2 rings (SSSR count). The van der Waals surface area contributed by atoms with Gasteiger partial charge in [0.2, 0.25) is 0 Å². The number of hydrogen-bond donors (Lipinski definition) is 2. The standard InChI is InChI=1S/C14H27N5O2/c1-3-7-19-13(16-11-17-19)10-12(18-15)14(21-4-2)5-8-20-9-6-14/h11-12,18H,3-10,15H2,1-2H3. The van der Waals surface area contributed by atoms with Gasteiger partial charge < -0.3 is 9.47 Å². The molecule has 0 amide bonds. The molecule has 1 saturated heterocycles. The van der Waals surface area contributed by atoms with Crippen LogP contribution >= 0.6 is 0 Å². The smallest absolute Gasteiger partial charge is 0.138 e. The van der Waals surface area contributed by atoms with Gasteiger partial charge in [-0.1, -0.05) is 6.92 Å². The lowest BCUT2D eigenvalue weighted by molar-refractivity contribution is -0.127. The first-order valence-corrected chi connectivity index (χ1v) is 7.80. The molecule has 0 aliphatic carbocycles. The number of hydrazine groups is 1. The highest BCUT2D eigenvalue weighted by atomic mass is 16.5. The highest BCUT2D eigenvalue weighted by Gasteiger charge is 2.41. The molecule has 7 heteroatoms. The minimum atomic E-state index is -0.287. The Bertz CT molecular complexity index is 412. The van der Waals surface area contributed by atoms with Crippen LogP contribution in [0.25, 0.3) is 0 Å². The number of nitrogens with zero attached hydrogens (tertiary/aromatic N) is 3. The number of hydrogen-bond acceptors (Lipinski definition) is 6. The van der Waals surface area contributed by atoms with Gasteiger partial charge in [0, 0.05) is 45.6 Å². The first kappa shape index (κ1) is 16.4. The number of nitrogens with two attached hydrogens (primary N) is 1. The number of nitrogens with one attached hydrogen (secondary N) is 1. The second-order valence-corrected chi connectivity index (χ2v) is 5.43. The van der Waals surface area contributed by atoms with Crippen molar-refractivity contribution in [1.82, 2.24) is 20.2 Å². The molecular weight excluding hydrogens is 270 g/mol. The van der Waals surface area contributed by atoms with Crippen molar-refractivity contribution in [2.45, 2.75) is 57.7 Å². The molecule has 21 heavy (non-hydrogen) atoms. The van der Waals surface area contributed by atoms with E-state index < -0.39 is 0 Å². The Kier molecular flexibility index (Phi) is 6.10. The fourth-order valence-electron chi connectivity index (χ4n) is 3.02. The second-order valence-electron chi connectivity index (χ2n) is 5.43. The van der Waals surface area contributed by atoms with Gasteiger partial charge in [-0.05, 0) is 13.3 Å². The van der Waals surface area contributed by atoms with Crippen LogP contribution in [0.2, 0.25) is 0 Å². The van der Waals surface area contributed by atoms with Crippen LogP contribution in [0.4, 0.5) is 0 Å². The van der Waals surface area contributed by atoms with Crippen molar-refractivity contribution in [3.8, 4) is 0 Å². The Balaban J connectivity index is 2.14.